The average Bonchev–Trinajstić information content (AvgIpc) is 2.45. The van der Waals surface area contributed by atoms with Gasteiger partial charge < -0.3 is 4.74 Å². The van der Waals surface area contributed by atoms with Crippen molar-refractivity contribution in [1.29, 1.82) is 0 Å². The van der Waals surface area contributed by atoms with E-state index in [4.69, 9.17) is 6.42 Å². The molecule has 0 amide bonds. The van der Waals surface area contributed by atoms with Crippen LogP contribution in [0.1, 0.15) is 30.9 Å². The Morgan fingerprint density at radius 3 is 2.32 bits per heavy atom. The van der Waals surface area contributed by atoms with E-state index in [0.29, 0.717) is 11.5 Å². The molecule has 0 saturated heterocycles. The Hall–Kier alpha value is -2.41. The third-order valence-electron chi connectivity index (χ3n) is 3.25. The number of hydrogen-bond donors (Lipinski definition) is 0. The van der Waals surface area contributed by atoms with Gasteiger partial charge in [-0.25, -0.2) is 0 Å². The molecule has 0 fully saturated rings. The fraction of sp³-hybridized carbons (Fsp3) is 0.222. The van der Waals surface area contributed by atoms with Gasteiger partial charge in [-0.3, -0.25) is 0 Å². The molecule has 22 heavy (non-hydrogen) atoms. The van der Waals surface area contributed by atoms with Gasteiger partial charge in [-0.2, -0.15) is 0 Å². The monoisotopic (exact) mass is 304 g/mol. The Balaban J connectivity index is 2.47. The summed E-state index contributed by atoms with van der Waals surface area (Å²) in [6.07, 6.45) is 0.451. The normalized spacial score (nSPS) is 11.3. The summed E-state index contributed by atoms with van der Waals surface area (Å²) in [5, 5.41) is 0. The van der Waals surface area contributed by atoms with Crippen LogP contribution in [-0.4, -0.2) is 6.36 Å². The zero-order valence-electron chi connectivity index (χ0n) is 12.2. The van der Waals surface area contributed by atoms with E-state index in [-0.39, 0.29) is 11.3 Å². The summed E-state index contributed by atoms with van der Waals surface area (Å²) in [6, 6.07) is 12.1. The maximum atomic E-state index is 12.5. The highest BCUT2D eigenvalue weighted by molar-refractivity contribution is 5.68. The van der Waals surface area contributed by atoms with E-state index >= 15 is 0 Å². The van der Waals surface area contributed by atoms with Crippen molar-refractivity contribution in [3.8, 4) is 29.2 Å². The van der Waals surface area contributed by atoms with Crippen molar-refractivity contribution in [2.45, 2.75) is 26.1 Å². The minimum Gasteiger partial charge on any atom is -0.404 e. The number of hydrogen-bond acceptors (Lipinski definition) is 1. The van der Waals surface area contributed by atoms with Crippen LogP contribution < -0.4 is 4.74 Å². The third-order valence-corrected chi connectivity index (χ3v) is 3.25. The Morgan fingerprint density at radius 1 is 1.05 bits per heavy atom. The van der Waals surface area contributed by atoms with Crippen molar-refractivity contribution >= 4 is 0 Å². The van der Waals surface area contributed by atoms with Gasteiger partial charge >= 0.3 is 6.36 Å². The van der Waals surface area contributed by atoms with Crippen LogP contribution in [0.4, 0.5) is 13.2 Å². The Labute approximate surface area is 127 Å². The summed E-state index contributed by atoms with van der Waals surface area (Å²) >= 11 is 0. The summed E-state index contributed by atoms with van der Waals surface area (Å²) in [6.45, 7) is 4.11. The summed E-state index contributed by atoms with van der Waals surface area (Å²) in [5.74, 6) is 2.17. The molecule has 0 aliphatic heterocycles. The first kappa shape index (κ1) is 16.0. The molecule has 0 spiro atoms. The molecule has 0 unspecified atom stereocenters. The second kappa shape index (κ2) is 6.15. The first-order chi connectivity index (χ1) is 10.3. The molecule has 0 aromatic heterocycles. The number of alkyl halides is 3. The Kier molecular flexibility index (Phi) is 4.46. The van der Waals surface area contributed by atoms with Crippen LogP contribution in [0.3, 0.4) is 0 Å². The lowest BCUT2D eigenvalue weighted by molar-refractivity contribution is -0.274. The number of benzene rings is 2. The van der Waals surface area contributed by atoms with E-state index in [0.717, 1.165) is 11.1 Å². The second-order valence-electron chi connectivity index (χ2n) is 5.18. The molecular formula is C18H15F3O. The smallest absolute Gasteiger partial charge is 0.404 e. The molecule has 0 aliphatic rings. The van der Waals surface area contributed by atoms with Gasteiger partial charge in [-0.05, 0) is 34.7 Å². The molecule has 0 atom stereocenters. The van der Waals surface area contributed by atoms with Crippen molar-refractivity contribution in [1.82, 2.24) is 0 Å². The minimum absolute atomic E-state index is 0.0705. The molecule has 2 aromatic carbocycles. The quantitative estimate of drug-likeness (QED) is 0.694. The van der Waals surface area contributed by atoms with Crippen molar-refractivity contribution < 1.29 is 17.9 Å². The first-order valence-corrected chi connectivity index (χ1v) is 6.77. The van der Waals surface area contributed by atoms with E-state index < -0.39 is 6.36 Å². The van der Waals surface area contributed by atoms with Crippen molar-refractivity contribution in [3.63, 3.8) is 0 Å². The van der Waals surface area contributed by atoms with Gasteiger partial charge in [0, 0.05) is 0 Å². The van der Waals surface area contributed by atoms with Crippen LogP contribution >= 0.6 is 0 Å². The number of ether oxygens (including phenoxy) is 1. The summed E-state index contributed by atoms with van der Waals surface area (Å²) in [4.78, 5) is 0. The summed E-state index contributed by atoms with van der Waals surface area (Å²) < 4.78 is 41.4. The lowest BCUT2D eigenvalue weighted by atomic mass is 9.97. The molecular weight excluding hydrogens is 289 g/mol. The Bertz CT molecular complexity index is 709. The van der Waals surface area contributed by atoms with Crippen molar-refractivity contribution in [3.05, 3.63) is 53.6 Å². The predicted octanol–water partition coefficient (Wildman–Crippen LogP) is 5.36. The second-order valence-corrected chi connectivity index (χ2v) is 5.18. The van der Waals surface area contributed by atoms with Crippen LogP contribution in [0.15, 0.2) is 42.5 Å². The molecule has 0 aliphatic carbocycles. The van der Waals surface area contributed by atoms with E-state index in [1.807, 2.05) is 24.3 Å². The van der Waals surface area contributed by atoms with E-state index in [2.05, 4.69) is 24.5 Å². The minimum atomic E-state index is -4.77. The van der Waals surface area contributed by atoms with Gasteiger partial charge in [-0.15, -0.1) is 19.6 Å². The number of terminal acetylenes is 1. The zero-order valence-corrected chi connectivity index (χ0v) is 12.2. The maximum absolute atomic E-state index is 12.5. The molecule has 0 heterocycles. The topological polar surface area (TPSA) is 9.23 Å². The number of rotatable bonds is 3. The SMILES string of the molecule is C#Cc1ccc(-c2cccc(C(C)C)c2)cc1OC(F)(F)F. The van der Waals surface area contributed by atoms with Crippen molar-refractivity contribution in [2.75, 3.05) is 0 Å². The van der Waals surface area contributed by atoms with Crippen LogP contribution in [0.25, 0.3) is 11.1 Å². The van der Waals surface area contributed by atoms with Gasteiger partial charge in [0.15, 0.2) is 0 Å². The molecule has 2 rings (SSSR count). The van der Waals surface area contributed by atoms with Gasteiger partial charge in [0.2, 0.25) is 0 Å². The summed E-state index contributed by atoms with van der Waals surface area (Å²) in [5.41, 5.74) is 2.63. The number of halogens is 3. The highest BCUT2D eigenvalue weighted by Crippen LogP contribution is 2.32. The first-order valence-electron chi connectivity index (χ1n) is 6.77. The highest BCUT2D eigenvalue weighted by atomic mass is 19.4. The van der Waals surface area contributed by atoms with Gasteiger partial charge in [0.05, 0.1) is 5.56 Å². The van der Waals surface area contributed by atoms with Gasteiger partial charge in [0.25, 0.3) is 0 Å². The van der Waals surface area contributed by atoms with E-state index in [1.165, 1.54) is 12.1 Å². The average molecular weight is 304 g/mol. The molecule has 2 aromatic rings. The molecule has 4 heteroatoms. The third kappa shape index (κ3) is 3.82. The maximum Gasteiger partial charge on any atom is 0.573 e. The molecule has 1 nitrogen and oxygen atoms in total. The summed E-state index contributed by atoms with van der Waals surface area (Å²) in [7, 11) is 0. The molecule has 114 valence electrons. The van der Waals surface area contributed by atoms with Crippen LogP contribution in [0.2, 0.25) is 0 Å². The zero-order chi connectivity index (χ0) is 16.3. The van der Waals surface area contributed by atoms with Gasteiger partial charge in [0.1, 0.15) is 5.75 Å². The fourth-order valence-electron chi connectivity index (χ4n) is 2.11. The standard InChI is InChI=1S/C18H15F3O/c1-4-13-8-9-16(11-17(13)22-18(19,20)21)15-7-5-6-14(10-15)12(2)3/h1,5-12H,2-3H3. The van der Waals surface area contributed by atoms with Crippen LogP contribution in [0.5, 0.6) is 5.75 Å². The molecule has 0 radical (unpaired) electrons. The fourth-order valence-corrected chi connectivity index (χ4v) is 2.11. The lowest BCUT2D eigenvalue weighted by Gasteiger charge is -2.13. The molecule has 0 bridgehead atoms. The molecule has 0 saturated carbocycles. The van der Waals surface area contributed by atoms with Gasteiger partial charge in [-0.1, -0.05) is 50.1 Å². The lowest BCUT2D eigenvalue weighted by Crippen LogP contribution is -2.17. The largest absolute Gasteiger partial charge is 0.573 e. The molecule has 0 N–H and O–H groups in total. The predicted molar refractivity (Wildman–Crippen MR) is 80.6 cm³/mol. The highest BCUT2D eigenvalue weighted by Gasteiger charge is 2.32. The Morgan fingerprint density at radius 2 is 1.73 bits per heavy atom. The van der Waals surface area contributed by atoms with Crippen LogP contribution in [0, 0.1) is 12.3 Å². The van der Waals surface area contributed by atoms with Crippen LogP contribution in [-0.2, 0) is 0 Å². The van der Waals surface area contributed by atoms with E-state index in [1.54, 1.807) is 6.07 Å². The van der Waals surface area contributed by atoms with Crippen molar-refractivity contribution in [2.24, 2.45) is 0 Å². The van der Waals surface area contributed by atoms with E-state index in [9.17, 15) is 13.2 Å².